The molecule has 0 amide bonds. The second kappa shape index (κ2) is 4.67. The van der Waals surface area contributed by atoms with Crippen molar-refractivity contribution in [1.82, 2.24) is 0 Å². The minimum atomic E-state index is -4.80. The van der Waals surface area contributed by atoms with Crippen LogP contribution in [0.4, 0.5) is 13.2 Å². The number of aldehydes is 1. The molecule has 0 atom stereocenters. The molecule has 0 N–H and O–H groups in total. The monoisotopic (exact) mass is 238 g/mol. The summed E-state index contributed by atoms with van der Waals surface area (Å²) in [5.41, 5.74) is -2.57. The molecule has 0 radical (unpaired) electrons. The Morgan fingerprint density at radius 2 is 1.94 bits per heavy atom. The van der Waals surface area contributed by atoms with Gasteiger partial charge < -0.3 is 0 Å². The Bertz CT molecular complexity index is 535. The van der Waals surface area contributed by atoms with E-state index in [1.165, 1.54) is 12.1 Å². The third kappa shape index (κ3) is 2.43. The van der Waals surface area contributed by atoms with Crippen molar-refractivity contribution in [3.63, 3.8) is 0 Å². The van der Waals surface area contributed by atoms with Gasteiger partial charge in [-0.3, -0.25) is 4.79 Å². The van der Waals surface area contributed by atoms with Gasteiger partial charge in [0.1, 0.15) is 6.07 Å². The van der Waals surface area contributed by atoms with E-state index in [4.69, 9.17) is 10.5 Å². The number of hydrogen-bond donors (Lipinski definition) is 0. The minimum Gasteiger partial charge on any atom is -0.298 e. The molecule has 0 spiro atoms. The molecule has 17 heavy (non-hydrogen) atoms. The number of hydrogen-bond acceptors (Lipinski definition) is 3. The van der Waals surface area contributed by atoms with Crippen LogP contribution in [0.25, 0.3) is 0 Å². The predicted octanol–water partition coefficient (Wildman–Crippen LogP) is 2.46. The molecule has 1 aromatic rings. The molecule has 0 aliphatic rings. The lowest BCUT2D eigenvalue weighted by molar-refractivity contribution is -0.138. The Balaban J connectivity index is 3.63. The van der Waals surface area contributed by atoms with Gasteiger partial charge in [-0.15, -0.1) is 0 Å². The number of alkyl halides is 3. The predicted molar refractivity (Wildman–Crippen MR) is 50.9 cm³/mol. The second-order valence-electron chi connectivity index (χ2n) is 3.13. The molecule has 0 aliphatic heterocycles. The van der Waals surface area contributed by atoms with Gasteiger partial charge in [0.15, 0.2) is 6.29 Å². The van der Waals surface area contributed by atoms with Crippen LogP contribution in [0.3, 0.4) is 0 Å². The maximum Gasteiger partial charge on any atom is 0.418 e. The van der Waals surface area contributed by atoms with E-state index in [1.54, 1.807) is 6.07 Å². The van der Waals surface area contributed by atoms with Crippen LogP contribution < -0.4 is 0 Å². The minimum absolute atomic E-state index is 0.0343. The topological polar surface area (TPSA) is 64.7 Å². The fourth-order valence-corrected chi connectivity index (χ4v) is 1.43. The average Bonchev–Trinajstić information content (AvgIpc) is 2.27. The van der Waals surface area contributed by atoms with Gasteiger partial charge in [0.2, 0.25) is 0 Å². The molecule has 1 aromatic carbocycles. The van der Waals surface area contributed by atoms with E-state index < -0.39 is 22.9 Å². The van der Waals surface area contributed by atoms with Crippen molar-refractivity contribution in [2.24, 2.45) is 0 Å². The molecule has 0 heterocycles. The van der Waals surface area contributed by atoms with Crippen LogP contribution in [0.2, 0.25) is 0 Å². The van der Waals surface area contributed by atoms with Crippen molar-refractivity contribution in [2.45, 2.75) is 12.6 Å². The van der Waals surface area contributed by atoms with Crippen LogP contribution in [0.15, 0.2) is 12.1 Å². The molecule has 86 valence electrons. The van der Waals surface area contributed by atoms with Crippen LogP contribution in [0.1, 0.15) is 27.0 Å². The number of nitriles is 2. The zero-order chi connectivity index (χ0) is 13.1. The van der Waals surface area contributed by atoms with Gasteiger partial charge in [-0.25, -0.2) is 0 Å². The van der Waals surface area contributed by atoms with Gasteiger partial charge in [0.25, 0.3) is 0 Å². The summed E-state index contributed by atoms with van der Waals surface area (Å²) in [5.74, 6) is 0. The Hall–Kier alpha value is -2.34. The third-order valence-electron chi connectivity index (χ3n) is 2.12. The maximum absolute atomic E-state index is 12.7. The van der Waals surface area contributed by atoms with Crippen LogP contribution in [-0.2, 0) is 12.6 Å². The van der Waals surface area contributed by atoms with Crippen LogP contribution in [0.5, 0.6) is 0 Å². The Kier molecular flexibility index (Phi) is 3.49. The number of benzene rings is 1. The van der Waals surface area contributed by atoms with Gasteiger partial charge in [-0.1, -0.05) is 12.1 Å². The quantitative estimate of drug-likeness (QED) is 0.743. The third-order valence-corrected chi connectivity index (χ3v) is 2.12. The van der Waals surface area contributed by atoms with Crippen LogP contribution in [0, 0.1) is 22.7 Å². The van der Waals surface area contributed by atoms with Gasteiger partial charge in [-0.05, 0) is 5.56 Å². The zero-order valence-electron chi connectivity index (χ0n) is 8.38. The highest BCUT2D eigenvalue weighted by atomic mass is 19.4. The first-order valence-corrected chi connectivity index (χ1v) is 4.41. The maximum atomic E-state index is 12.7. The Morgan fingerprint density at radius 3 is 2.35 bits per heavy atom. The highest BCUT2D eigenvalue weighted by molar-refractivity contribution is 5.79. The van der Waals surface area contributed by atoms with Crippen LogP contribution in [-0.4, -0.2) is 6.29 Å². The molecule has 0 saturated heterocycles. The molecular formula is C11H5F3N2O. The summed E-state index contributed by atoms with van der Waals surface area (Å²) in [7, 11) is 0. The highest BCUT2D eigenvalue weighted by Gasteiger charge is 2.37. The van der Waals surface area contributed by atoms with Gasteiger partial charge in [-0.2, -0.15) is 23.7 Å². The molecule has 0 aliphatic carbocycles. The van der Waals surface area contributed by atoms with Gasteiger partial charge in [0, 0.05) is 5.56 Å². The largest absolute Gasteiger partial charge is 0.418 e. The molecule has 0 fully saturated rings. The fourth-order valence-electron chi connectivity index (χ4n) is 1.43. The van der Waals surface area contributed by atoms with E-state index in [0.717, 1.165) is 6.07 Å². The lowest BCUT2D eigenvalue weighted by Crippen LogP contribution is -2.13. The van der Waals surface area contributed by atoms with E-state index in [0.29, 0.717) is 0 Å². The Morgan fingerprint density at radius 1 is 1.29 bits per heavy atom. The summed E-state index contributed by atoms with van der Waals surface area (Å²) in [6.07, 6.45) is -5.07. The number of halogens is 3. The molecule has 0 saturated carbocycles. The van der Waals surface area contributed by atoms with Crippen molar-refractivity contribution in [2.75, 3.05) is 0 Å². The molecular weight excluding hydrogens is 233 g/mol. The summed E-state index contributed by atoms with van der Waals surface area (Å²) in [5, 5.41) is 17.2. The molecule has 6 heteroatoms. The van der Waals surface area contributed by atoms with Gasteiger partial charge >= 0.3 is 6.18 Å². The summed E-state index contributed by atoms with van der Waals surface area (Å²) < 4.78 is 38.1. The van der Waals surface area contributed by atoms with E-state index in [2.05, 4.69) is 0 Å². The molecule has 0 aromatic heterocycles. The first-order valence-electron chi connectivity index (χ1n) is 4.41. The number of carbonyl (C=O) groups excluding carboxylic acids is 1. The smallest absolute Gasteiger partial charge is 0.298 e. The number of rotatable bonds is 2. The lowest BCUT2D eigenvalue weighted by Gasteiger charge is -2.13. The molecule has 0 unspecified atom stereocenters. The first kappa shape index (κ1) is 12.7. The first-order chi connectivity index (χ1) is 7.95. The Labute approximate surface area is 94.7 Å². The van der Waals surface area contributed by atoms with E-state index in [1.807, 2.05) is 0 Å². The van der Waals surface area contributed by atoms with Crippen LogP contribution >= 0.6 is 0 Å². The zero-order valence-corrected chi connectivity index (χ0v) is 8.38. The fraction of sp³-hybridized carbons (Fsp3) is 0.182. The van der Waals surface area contributed by atoms with Crippen molar-refractivity contribution in [1.29, 1.82) is 10.5 Å². The number of carbonyl (C=O) groups is 1. The van der Waals surface area contributed by atoms with Crippen molar-refractivity contribution in [3.05, 3.63) is 34.4 Å². The molecule has 3 nitrogen and oxygen atoms in total. The van der Waals surface area contributed by atoms with E-state index in [-0.39, 0.29) is 18.3 Å². The van der Waals surface area contributed by atoms with Crippen molar-refractivity contribution < 1.29 is 18.0 Å². The standard InChI is InChI=1S/C11H5F3N2O/c12-11(13,14)10-8(6-17)2-1-7(3-4-15)9(10)5-16/h1-2,6H,3H2. The van der Waals surface area contributed by atoms with E-state index in [9.17, 15) is 18.0 Å². The lowest BCUT2D eigenvalue weighted by atomic mass is 9.95. The van der Waals surface area contributed by atoms with Crippen molar-refractivity contribution in [3.8, 4) is 12.1 Å². The SMILES string of the molecule is N#CCc1ccc(C=O)c(C(F)(F)F)c1C#N. The average molecular weight is 238 g/mol. The normalized spacial score (nSPS) is 10.4. The molecule has 1 rings (SSSR count). The molecule has 0 bridgehead atoms. The highest BCUT2D eigenvalue weighted by Crippen LogP contribution is 2.35. The second-order valence-corrected chi connectivity index (χ2v) is 3.13. The summed E-state index contributed by atoms with van der Waals surface area (Å²) in [4.78, 5) is 10.5. The summed E-state index contributed by atoms with van der Waals surface area (Å²) in [6, 6.07) is 5.21. The van der Waals surface area contributed by atoms with Crippen molar-refractivity contribution >= 4 is 6.29 Å². The van der Waals surface area contributed by atoms with E-state index >= 15 is 0 Å². The summed E-state index contributed by atoms with van der Waals surface area (Å²) in [6.45, 7) is 0. The number of nitrogens with zero attached hydrogens (tertiary/aromatic N) is 2. The summed E-state index contributed by atoms with van der Waals surface area (Å²) >= 11 is 0. The van der Waals surface area contributed by atoms with Gasteiger partial charge in [0.05, 0.1) is 23.6 Å².